The van der Waals surface area contributed by atoms with Crippen molar-refractivity contribution in [3.05, 3.63) is 58.6 Å². The zero-order valence-corrected chi connectivity index (χ0v) is 16.5. The Hall–Kier alpha value is -3.09. The van der Waals surface area contributed by atoms with E-state index in [0.29, 0.717) is 18.6 Å². The minimum Gasteiger partial charge on any atom is -0.368 e. The van der Waals surface area contributed by atoms with Gasteiger partial charge < -0.3 is 14.4 Å². The molecule has 3 heterocycles. The van der Waals surface area contributed by atoms with E-state index in [1.165, 1.54) is 10.3 Å². The summed E-state index contributed by atoms with van der Waals surface area (Å²) >= 11 is 0. The molecular formula is C21H25N5O2. The van der Waals surface area contributed by atoms with Crippen LogP contribution in [0.1, 0.15) is 18.7 Å². The van der Waals surface area contributed by atoms with Crippen LogP contribution in [0.25, 0.3) is 10.9 Å². The zero-order valence-electron chi connectivity index (χ0n) is 16.5. The van der Waals surface area contributed by atoms with Crippen LogP contribution in [0.3, 0.4) is 0 Å². The Morgan fingerprint density at radius 2 is 1.75 bits per heavy atom. The molecule has 0 saturated carbocycles. The number of para-hydroxylation sites is 1. The topological polar surface area (TPSA) is 63.4 Å². The summed E-state index contributed by atoms with van der Waals surface area (Å²) in [5, 5.41) is 5.16. The lowest BCUT2D eigenvalue weighted by Gasteiger charge is -2.37. The molecule has 3 aromatic rings. The number of pyridine rings is 1. The summed E-state index contributed by atoms with van der Waals surface area (Å²) in [6.07, 6.45) is 1.71. The summed E-state index contributed by atoms with van der Waals surface area (Å²) in [7, 11) is 1.76. The fraction of sp³-hybridized carbons (Fsp3) is 0.381. The molecule has 0 unspecified atom stereocenters. The molecule has 0 spiro atoms. The predicted octanol–water partition coefficient (Wildman–Crippen LogP) is 1.95. The van der Waals surface area contributed by atoms with E-state index in [1.807, 2.05) is 36.1 Å². The first-order chi connectivity index (χ1) is 13.5. The van der Waals surface area contributed by atoms with Crippen LogP contribution in [0.5, 0.6) is 0 Å². The van der Waals surface area contributed by atoms with Gasteiger partial charge in [0.2, 0.25) is 5.91 Å². The van der Waals surface area contributed by atoms with E-state index in [1.54, 1.807) is 24.9 Å². The molecule has 1 amide bonds. The maximum Gasteiger partial charge on any atom is 0.277 e. The van der Waals surface area contributed by atoms with Gasteiger partial charge in [-0.15, -0.1) is 0 Å². The first-order valence-corrected chi connectivity index (χ1v) is 9.60. The summed E-state index contributed by atoms with van der Waals surface area (Å²) in [6, 6.07) is 11.6. The molecule has 7 heteroatoms. The SMILES string of the molecule is Cc1nn(C)c2c(=O)n([C@@H](C)C(=O)N3CCN(c4ccccc4)CC3)ccc12. The van der Waals surface area contributed by atoms with Crippen LogP contribution in [0.4, 0.5) is 5.69 Å². The number of nitrogens with zero attached hydrogens (tertiary/aromatic N) is 5. The summed E-state index contributed by atoms with van der Waals surface area (Å²) in [4.78, 5) is 30.1. The van der Waals surface area contributed by atoms with Gasteiger partial charge in [-0.05, 0) is 32.0 Å². The molecule has 1 saturated heterocycles. The van der Waals surface area contributed by atoms with Gasteiger partial charge in [0, 0.05) is 50.5 Å². The number of hydrogen-bond acceptors (Lipinski definition) is 4. The number of carbonyl (C=O) groups is 1. The van der Waals surface area contributed by atoms with E-state index < -0.39 is 6.04 Å². The van der Waals surface area contributed by atoms with Crippen molar-refractivity contribution in [1.29, 1.82) is 0 Å². The third-order valence-corrected chi connectivity index (χ3v) is 5.59. The number of piperazine rings is 1. The number of hydrogen-bond donors (Lipinski definition) is 0. The smallest absolute Gasteiger partial charge is 0.277 e. The van der Waals surface area contributed by atoms with Crippen LogP contribution in [0.2, 0.25) is 0 Å². The second-order valence-corrected chi connectivity index (χ2v) is 7.32. The van der Waals surface area contributed by atoms with Crippen LogP contribution >= 0.6 is 0 Å². The second kappa shape index (κ2) is 7.14. The predicted molar refractivity (Wildman–Crippen MR) is 110 cm³/mol. The maximum atomic E-state index is 13.0. The standard InChI is InChI=1S/C21H25N5O2/c1-15-18-9-10-26(21(28)19(18)23(3)22-15)16(2)20(27)25-13-11-24(12-14-25)17-7-5-4-6-8-17/h4-10,16H,11-14H2,1-3H3/t16-/m0/s1. The first-order valence-electron chi connectivity index (χ1n) is 9.60. The first kappa shape index (κ1) is 18.3. The fourth-order valence-electron chi connectivity index (χ4n) is 3.98. The summed E-state index contributed by atoms with van der Waals surface area (Å²) in [5.41, 5.74) is 2.35. The van der Waals surface area contributed by atoms with Gasteiger partial charge in [-0.25, -0.2) is 0 Å². The van der Waals surface area contributed by atoms with Crippen LogP contribution in [0.15, 0.2) is 47.4 Å². The van der Waals surface area contributed by atoms with Gasteiger partial charge in [-0.1, -0.05) is 18.2 Å². The lowest BCUT2D eigenvalue weighted by atomic mass is 10.2. The number of amides is 1. The van der Waals surface area contributed by atoms with E-state index in [2.05, 4.69) is 22.1 Å². The minimum atomic E-state index is -0.546. The number of aromatic nitrogens is 3. The van der Waals surface area contributed by atoms with Crippen LogP contribution in [0, 0.1) is 6.92 Å². The van der Waals surface area contributed by atoms with Crippen LogP contribution in [-0.4, -0.2) is 51.3 Å². The monoisotopic (exact) mass is 379 g/mol. The third kappa shape index (κ3) is 3.06. The number of anilines is 1. The molecule has 2 aromatic heterocycles. The summed E-state index contributed by atoms with van der Waals surface area (Å²) in [6.45, 7) is 6.56. The van der Waals surface area contributed by atoms with Gasteiger partial charge in [0.15, 0.2) is 0 Å². The zero-order chi connectivity index (χ0) is 19.8. The normalized spacial score (nSPS) is 15.8. The lowest BCUT2D eigenvalue weighted by Crippen LogP contribution is -2.51. The molecule has 28 heavy (non-hydrogen) atoms. The van der Waals surface area contributed by atoms with Crippen molar-refractivity contribution < 1.29 is 4.79 Å². The number of rotatable bonds is 3. The highest BCUT2D eigenvalue weighted by Gasteiger charge is 2.27. The molecule has 146 valence electrons. The average molecular weight is 379 g/mol. The van der Waals surface area contributed by atoms with Gasteiger partial charge in [0.1, 0.15) is 11.6 Å². The average Bonchev–Trinajstić information content (AvgIpc) is 3.02. The Bertz CT molecular complexity index is 1060. The van der Waals surface area contributed by atoms with Gasteiger partial charge in [0.25, 0.3) is 5.56 Å². The second-order valence-electron chi connectivity index (χ2n) is 7.32. The van der Waals surface area contributed by atoms with Crippen LogP contribution < -0.4 is 10.5 Å². The van der Waals surface area contributed by atoms with Gasteiger partial charge >= 0.3 is 0 Å². The molecule has 7 nitrogen and oxygen atoms in total. The molecule has 0 N–H and O–H groups in total. The summed E-state index contributed by atoms with van der Waals surface area (Å²) in [5.74, 6) is -0.0203. The van der Waals surface area contributed by atoms with Gasteiger partial charge in [-0.3, -0.25) is 14.3 Å². The molecule has 1 aliphatic rings. The number of aryl methyl sites for hydroxylation is 2. The van der Waals surface area contributed by atoms with E-state index in [-0.39, 0.29) is 11.5 Å². The van der Waals surface area contributed by atoms with Gasteiger partial charge in [-0.2, -0.15) is 5.10 Å². The van der Waals surface area contributed by atoms with Crippen molar-refractivity contribution in [3.63, 3.8) is 0 Å². The molecular weight excluding hydrogens is 354 g/mol. The Kier molecular flexibility index (Phi) is 4.66. The highest BCUT2D eigenvalue weighted by Crippen LogP contribution is 2.19. The van der Waals surface area contributed by atoms with E-state index in [9.17, 15) is 9.59 Å². The third-order valence-electron chi connectivity index (χ3n) is 5.59. The molecule has 0 bridgehead atoms. The Labute approximate surface area is 163 Å². The van der Waals surface area contributed by atoms with Crippen molar-refractivity contribution in [2.45, 2.75) is 19.9 Å². The number of benzene rings is 1. The summed E-state index contributed by atoms with van der Waals surface area (Å²) < 4.78 is 3.12. The molecule has 4 rings (SSSR count). The van der Waals surface area contributed by atoms with Crippen molar-refractivity contribution >= 4 is 22.5 Å². The lowest BCUT2D eigenvalue weighted by molar-refractivity contribution is -0.134. The number of carbonyl (C=O) groups excluding carboxylic acids is 1. The van der Waals surface area contributed by atoms with Crippen molar-refractivity contribution in [2.75, 3.05) is 31.1 Å². The quantitative estimate of drug-likeness (QED) is 0.698. The fourth-order valence-corrected chi connectivity index (χ4v) is 3.98. The highest BCUT2D eigenvalue weighted by molar-refractivity contribution is 5.83. The molecule has 1 aliphatic heterocycles. The molecule has 0 radical (unpaired) electrons. The molecule has 1 aromatic carbocycles. The Morgan fingerprint density at radius 1 is 1.07 bits per heavy atom. The van der Waals surface area contributed by atoms with E-state index >= 15 is 0 Å². The van der Waals surface area contributed by atoms with Crippen LogP contribution in [-0.2, 0) is 11.8 Å². The Balaban J connectivity index is 1.51. The Morgan fingerprint density at radius 3 is 2.43 bits per heavy atom. The number of fused-ring (bicyclic) bond motifs is 1. The van der Waals surface area contributed by atoms with Crippen molar-refractivity contribution in [1.82, 2.24) is 19.2 Å². The van der Waals surface area contributed by atoms with Crippen molar-refractivity contribution in [2.24, 2.45) is 7.05 Å². The molecule has 0 aliphatic carbocycles. The van der Waals surface area contributed by atoms with E-state index in [0.717, 1.165) is 24.2 Å². The highest BCUT2D eigenvalue weighted by atomic mass is 16.2. The van der Waals surface area contributed by atoms with Gasteiger partial charge in [0.05, 0.1) is 5.69 Å². The van der Waals surface area contributed by atoms with Crippen molar-refractivity contribution in [3.8, 4) is 0 Å². The van der Waals surface area contributed by atoms with E-state index in [4.69, 9.17) is 0 Å². The molecule has 1 fully saturated rings. The largest absolute Gasteiger partial charge is 0.368 e. The maximum absolute atomic E-state index is 13.0. The molecule has 1 atom stereocenters. The minimum absolute atomic E-state index is 0.0203.